The molecular formula is C25H19FN2O6. The molecular weight excluding hydrogens is 443 g/mol. The monoisotopic (exact) mass is 462 g/mol. The number of cyclic esters (lactones) is 1. The van der Waals surface area contributed by atoms with Crippen LogP contribution in [0.25, 0.3) is 6.08 Å². The second kappa shape index (κ2) is 9.53. The summed E-state index contributed by atoms with van der Waals surface area (Å²) in [7, 11) is 1.49. The molecule has 9 heteroatoms. The zero-order chi connectivity index (χ0) is 24.2. The van der Waals surface area contributed by atoms with E-state index in [-0.39, 0.29) is 29.7 Å². The topological polar surface area (TPSA) is 100 Å². The van der Waals surface area contributed by atoms with Gasteiger partial charge in [0.1, 0.15) is 12.4 Å². The SMILES string of the molecule is COc1cc(/C=C2\N=C(c3cccc([N+](=O)[O-])c3C)OC2=O)ccc1OCc1ccc(F)cc1. The van der Waals surface area contributed by atoms with Crippen LogP contribution >= 0.6 is 0 Å². The number of benzene rings is 3. The standard InChI is InChI=1S/C25H19FN2O6/c1-15-19(4-3-5-21(15)28(30)31)24-27-20(25(29)34-24)12-17-8-11-22(23(13-17)32-2)33-14-16-6-9-18(26)10-7-16/h3-13H,14H2,1-2H3/b20-12-. The lowest BCUT2D eigenvalue weighted by Gasteiger charge is -2.11. The predicted molar refractivity (Wildman–Crippen MR) is 122 cm³/mol. The third-order valence-corrected chi connectivity index (χ3v) is 5.15. The van der Waals surface area contributed by atoms with Crippen molar-refractivity contribution in [3.05, 3.63) is 105 Å². The molecule has 3 aromatic carbocycles. The van der Waals surface area contributed by atoms with Crippen LogP contribution in [-0.4, -0.2) is 23.9 Å². The van der Waals surface area contributed by atoms with Crippen LogP contribution in [0.1, 0.15) is 22.3 Å². The molecule has 8 nitrogen and oxygen atoms in total. The first-order valence-electron chi connectivity index (χ1n) is 10.2. The number of nitrogens with zero attached hydrogens (tertiary/aromatic N) is 2. The van der Waals surface area contributed by atoms with Crippen molar-refractivity contribution in [2.75, 3.05) is 7.11 Å². The summed E-state index contributed by atoms with van der Waals surface area (Å²) >= 11 is 0. The Kier molecular flexibility index (Phi) is 6.35. The molecule has 0 saturated carbocycles. The van der Waals surface area contributed by atoms with E-state index in [1.54, 1.807) is 43.3 Å². The van der Waals surface area contributed by atoms with Crippen LogP contribution in [0.15, 0.2) is 71.4 Å². The summed E-state index contributed by atoms with van der Waals surface area (Å²) in [5.74, 6) is -0.0864. The first kappa shape index (κ1) is 22.7. The molecule has 4 rings (SSSR count). The fraction of sp³-hybridized carbons (Fsp3) is 0.120. The molecule has 3 aromatic rings. The summed E-state index contributed by atoms with van der Waals surface area (Å²) in [6.07, 6.45) is 1.52. The van der Waals surface area contributed by atoms with Gasteiger partial charge < -0.3 is 14.2 Å². The number of hydrogen-bond acceptors (Lipinski definition) is 7. The molecule has 1 heterocycles. The summed E-state index contributed by atoms with van der Waals surface area (Å²) in [4.78, 5) is 27.3. The van der Waals surface area contributed by atoms with Crippen molar-refractivity contribution in [1.82, 2.24) is 0 Å². The van der Waals surface area contributed by atoms with Crippen molar-refractivity contribution >= 4 is 23.6 Å². The van der Waals surface area contributed by atoms with Crippen LogP contribution in [-0.2, 0) is 16.1 Å². The lowest BCUT2D eigenvalue weighted by Crippen LogP contribution is -2.08. The van der Waals surface area contributed by atoms with Crippen molar-refractivity contribution in [2.24, 2.45) is 4.99 Å². The highest BCUT2D eigenvalue weighted by Crippen LogP contribution is 2.31. The fourth-order valence-electron chi connectivity index (χ4n) is 3.37. The zero-order valence-electron chi connectivity index (χ0n) is 18.3. The van der Waals surface area contributed by atoms with E-state index in [0.29, 0.717) is 28.2 Å². The normalized spacial score (nSPS) is 14.0. The number of aliphatic imine (C=N–C) groups is 1. The minimum atomic E-state index is -0.670. The van der Waals surface area contributed by atoms with Crippen LogP contribution in [0, 0.1) is 22.9 Å². The third kappa shape index (κ3) is 4.78. The van der Waals surface area contributed by atoms with Gasteiger partial charge in [0.05, 0.1) is 12.0 Å². The predicted octanol–water partition coefficient (Wildman–Crippen LogP) is 4.97. The molecule has 0 N–H and O–H groups in total. The molecule has 0 radical (unpaired) electrons. The number of rotatable bonds is 7. The number of nitro benzene ring substituents is 1. The first-order valence-corrected chi connectivity index (χ1v) is 10.2. The molecule has 1 aliphatic rings. The van der Waals surface area contributed by atoms with Crippen molar-refractivity contribution in [3.8, 4) is 11.5 Å². The minimum absolute atomic E-state index is 0.00339. The number of ether oxygens (including phenoxy) is 3. The maximum Gasteiger partial charge on any atom is 0.363 e. The molecule has 0 aromatic heterocycles. The molecule has 34 heavy (non-hydrogen) atoms. The van der Waals surface area contributed by atoms with Gasteiger partial charge in [-0.1, -0.05) is 24.3 Å². The molecule has 0 unspecified atom stereocenters. The zero-order valence-corrected chi connectivity index (χ0v) is 18.3. The molecule has 0 saturated heterocycles. The number of carbonyl (C=O) groups excluding carboxylic acids is 1. The Bertz CT molecular complexity index is 1330. The van der Waals surface area contributed by atoms with Gasteiger partial charge in [0.15, 0.2) is 17.2 Å². The largest absolute Gasteiger partial charge is 0.493 e. The highest BCUT2D eigenvalue weighted by molar-refractivity contribution is 6.13. The number of carbonyl (C=O) groups is 1. The van der Waals surface area contributed by atoms with Gasteiger partial charge in [-0.2, -0.15) is 0 Å². The van der Waals surface area contributed by atoms with Crippen LogP contribution in [0.5, 0.6) is 11.5 Å². The Morgan fingerprint density at radius 1 is 1.12 bits per heavy atom. The highest BCUT2D eigenvalue weighted by atomic mass is 19.1. The first-order chi connectivity index (χ1) is 16.4. The van der Waals surface area contributed by atoms with Gasteiger partial charge in [0.2, 0.25) is 5.90 Å². The lowest BCUT2D eigenvalue weighted by molar-refractivity contribution is -0.385. The van der Waals surface area contributed by atoms with E-state index >= 15 is 0 Å². The van der Waals surface area contributed by atoms with Crippen molar-refractivity contribution in [3.63, 3.8) is 0 Å². The van der Waals surface area contributed by atoms with Crippen molar-refractivity contribution < 1.29 is 28.3 Å². The van der Waals surface area contributed by atoms with E-state index in [0.717, 1.165) is 5.56 Å². The van der Waals surface area contributed by atoms with Crippen molar-refractivity contribution in [1.29, 1.82) is 0 Å². The van der Waals surface area contributed by atoms with Gasteiger partial charge in [0, 0.05) is 17.2 Å². The van der Waals surface area contributed by atoms with Gasteiger partial charge >= 0.3 is 5.97 Å². The quantitative estimate of drug-likeness (QED) is 0.213. The maximum atomic E-state index is 13.1. The maximum absolute atomic E-state index is 13.1. The molecule has 1 aliphatic heterocycles. The third-order valence-electron chi connectivity index (χ3n) is 5.15. The van der Waals surface area contributed by atoms with E-state index in [2.05, 4.69) is 4.99 Å². The Morgan fingerprint density at radius 3 is 2.59 bits per heavy atom. The molecule has 0 amide bonds. The summed E-state index contributed by atoms with van der Waals surface area (Å²) in [5, 5.41) is 11.2. The highest BCUT2D eigenvalue weighted by Gasteiger charge is 2.27. The number of esters is 1. The minimum Gasteiger partial charge on any atom is -0.493 e. The smallest absolute Gasteiger partial charge is 0.363 e. The second-order valence-corrected chi connectivity index (χ2v) is 7.37. The molecule has 0 bridgehead atoms. The number of nitro groups is 1. The Morgan fingerprint density at radius 2 is 1.88 bits per heavy atom. The molecule has 0 spiro atoms. The summed E-state index contributed by atoms with van der Waals surface area (Å²) < 4.78 is 29.5. The molecule has 172 valence electrons. The fourth-order valence-corrected chi connectivity index (χ4v) is 3.37. The van der Waals surface area contributed by atoms with Crippen LogP contribution < -0.4 is 9.47 Å². The average Bonchev–Trinajstić information content (AvgIpc) is 3.18. The van der Waals surface area contributed by atoms with E-state index in [1.807, 2.05) is 0 Å². The van der Waals surface area contributed by atoms with Crippen LogP contribution in [0.4, 0.5) is 10.1 Å². The molecule has 0 fully saturated rings. The molecule has 0 atom stereocenters. The van der Waals surface area contributed by atoms with Crippen LogP contribution in [0.3, 0.4) is 0 Å². The van der Waals surface area contributed by atoms with Crippen LogP contribution in [0.2, 0.25) is 0 Å². The van der Waals surface area contributed by atoms with E-state index in [4.69, 9.17) is 14.2 Å². The van der Waals surface area contributed by atoms with Gasteiger partial charge in [0.25, 0.3) is 5.69 Å². The van der Waals surface area contributed by atoms with Gasteiger partial charge in [-0.15, -0.1) is 0 Å². The Balaban J connectivity index is 1.57. The summed E-state index contributed by atoms with van der Waals surface area (Å²) in [6, 6.07) is 15.5. The van der Waals surface area contributed by atoms with Gasteiger partial charge in [-0.05, 0) is 54.5 Å². The van der Waals surface area contributed by atoms with E-state index < -0.39 is 10.9 Å². The summed E-state index contributed by atoms with van der Waals surface area (Å²) in [6.45, 7) is 1.79. The average molecular weight is 462 g/mol. The van der Waals surface area contributed by atoms with Gasteiger partial charge in [-0.25, -0.2) is 14.2 Å². The number of hydrogen-bond donors (Lipinski definition) is 0. The van der Waals surface area contributed by atoms with E-state index in [1.165, 1.54) is 37.5 Å². The second-order valence-electron chi connectivity index (χ2n) is 7.37. The number of methoxy groups -OCH3 is 1. The van der Waals surface area contributed by atoms with Gasteiger partial charge in [-0.3, -0.25) is 10.1 Å². The summed E-state index contributed by atoms with van der Waals surface area (Å²) in [5.41, 5.74) is 2.08. The molecule has 0 aliphatic carbocycles. The van der Waals surface area contributed by atoms with Crippen molar-refractivity contribution in [2.45, 2.75) is 13.5 Å². The Hall–Kier alpha value is -4.53. The van der Waals surface area contributed by atoms with E-state index in [9.17, 15) is 19.3 Å². The Labute approximate surface area is 194 Å². The lowest BCUT2D eigenvalue weighted by atomic mass is 10.1. The number of halogens is 1.